The Hall–Kier alpha value is 0.190. The van der Waals surface area contributed by atoms with Crippen molar-refractivity contribution in [1.29, 1.82) is 0 Å². The molecule has 108 valence electrons. The largest absolute Gasteiger partial charge is 0.246 e. The van der Waals surface area contributed by atoms with Crippen molar-refractivity contribution in [2.75, 3.05) is 13.1 Å². The summed E-state index contributed by atoms with van der Waals surface area (Å²) in [4.78, 5) is -0.0167. The van der Waals surface area contributed by atoms with E-state index in [1.165, 1.54) is 16.4 Å². The van der Waals surface area contributed by atoms with Gasteiger partial charge in [0.2, 0.25) is 10.0 Å². The standard InChI is InChI=1S/C12H16BrCl2NO2S/c1-3-5-6-16(4-2)19(17,18)12-10(14)7-9(13)8-11(12)15/h7-8H,3-6H2,1-2H3. The van der Waals surface area contributed by atoms with Crippen LogP contribution in [0.3, 0.4) is 0 Å². The average molecular weight is 389 g/mol. The van der Waals surface area contributed by atoms with Gasteiger partial charge in [0.15, 0.2) is 0 Å². The molecule has 0 fully saturated rings. The fraction of sp³-hybridized carbons (Fsp3) is 0.500. The fourth-order valence-electron chi connectivity index (χ4n) is 1.69. The predicted molar refractivity (Wildman–Crippen MR) is 83.5 cm³/mol. The minimum atomic E-state index is -3.65. The molecule has 1 rings (SSSR count). The lowest BCUT2D eigenvalue weighted by Crippen LogP contribution is -2.32. The highest BCUT2D eigenvalue weighted by Gasteiger charge is 2.28. The molecular formula is C12H16BrCl2NO2S. The van der Waals surface area contributed by atoms with Crippen molar-refractivity contribution in [2.45, 2.75) is 31.6 Å². The zero-order chi connectivity index (χ0) is 14.6. The summed E-state index contributed by atoms with van der Waals surface area (Å²) < 4.78 is 27.2. The molecule has 0 aliphatic rings. The van der Waals surface area contributed by atoms with E-state index >= 15 is 0 Å². The molecule has 0 atom stereocenters. The van der Waals surface area contributed by atoms with Crippen LogP contribution >= 0.6 is 39.1 Å². The van der Waals surface area contributed by atoms with Crippen LogP contribution in [0.4, 0.5) is 0 Å². The highest BCUT2D eigenvalue weighted by atomic mass is 79.9. The Morgan fingerprint density at radius 3 is 2.16 bits per heavy atom. The molecule has 0 aromatic heterocycles. The molecule has 0 unspecified atom stereocenters. The van der Waals surface area contributed by atoms with Gasteiger partial charge in [-0.25, -0.2) is 8.42 Å². The summed E-state index contributed by atoms with van der Waals surface area (Å²) in [5.41, 5.74) is 0. The topological polar surface area (TPSA) is 37.4 Å². The second kappa shape index (κ2) is 7.27. The van der Waals surface area contributed by atoms with Crippen LogP contribution in [-0.2, 0) is 10.0 Å². The molecule has 0 saturated carbocycles. The summed E-state index contributed by atoms with van der Waals surface area (Å²) in [6.07, 6.45) is 1.73. The van der Waals surface area contributed by atoms with Gasteiger partial charge in [-0.1, -0.05) is 59.4 Å². The van der Waals surface area contributed by atoms with Crippen LogP contribution in [0, 0.1) is 0 Å². The van der Waals surface area contributed by atoms with Gasteiger partial charge in [-0.2, -0.15) is 4.31 Å². The number of rotatable bonds is 6. The molecule has 0 aliphatic carbocycles. The molecule has 0 spiro atoms. The van der Waals surface area contributed by atoms with Crippen LogP contribution in [0.2, 0.25) is 10.0 Å². The molecule has 3 nitrogen and oxygen atoms in total. The predicted octanol–water partition coefficient (Wildman–Crippen LogP) is 4.57. The minimum Gasteiger partial charge on any atom is -0.207 e. The Morgan fingerprint density at radius 2 is 1.74 bits per heavy atom. The average Bonchev–Trinajstić information content (AvgIpc) is 2.27. The molecule has 0 bridgehead atoms. The third-order valence-electron chi connectivity index (χ3n) is 2.67. The maximum absolute atomic E-state index is 12.6. The second-order valence-corrected chi connectivity index (χ2v) is 7.65. The molecule has 0 amide bonds. The van der Waals surface area contributed by atoms with Gasteiger partial charge in [-0.3, -0.25) is 0 Å². The maximum Gasteiger partial charge on any atom is 0.246 e. The fourth-order valence-corrected chi connectivity index (χ4v) is 5.06. The highest BCUT2D eigenvalue weighted by molar-refractivity contribution is 9.10. The number of halogens is 3. The van der Waals surface area contributed by atoms with Crippen molar-refractivity contribution in [3.8, 4) is 0 Å². The van der Waals surface area contributed by atoms with Crippen molar-refractivity contribution < 1.29 is 8.42 Å². The summed E-state index contributed by atoms with van der Waals surface area (Å²) >= 11 is 15.3. The van der Waals surface area contributed by atoms with Crippen LogP contribution < -0.4 is 0 Å². The van der Waals surface area contributed by atoms with Gasteiger partial charge in [-0.05, 0) is 18.6 Å². The first-order valence-electron chi connectivity index (χ1n) is 5.99. The third-order valence-corrected chi connectivity index (χ3v) is 6.03. The maximum atomic E-state index is 12.6. The zero-order valence-corrected chi connectivity index (χ0v) is 14.7. The molecule has 0 N–H and O–H groups in total. The van der Waals surface area contributed by atoms with Crippen molar-refractivity contribution in [3.05, 3.63) is 26.7 Å². The molecule has 0 aliphatic heterocycles. The number of nitrogens with zero attached hydrogens (tertiary/aromatic N) is 1. The van der Waals surface area contributed by atoms with E-state index in [1.807, 2.05) is 6.92 Å². The Morgan fingerprint density at radius 1 is 1.21 bits per heavy atom. The number of unbranched alkanes of at least 4 members (excludes halogenated alkanes) is 1. The third kappa shape index (κ3) is 4.08. The van der Waals surface area contributed by atoms with E-state index in [2.05, 4.69) is 15.9 Å². The first-order chi connectivity index (χ1) is 8.84. The number of benzene rings is 1. The molecular weight excluding hydrogens is 373 g/mol. The second-order valence-electron chi connectivity index (χ2n) is 4.05. The molecule has 7 heteroatoms. The zero-order valence-electron chi connectivity index (χ0n) is 10.8. The van der Waals surface area contributed by atoms with E-state index in [-0.39, 0.29) is 14.9 Å². The van der Waals surface area contributed by atoms with Gasteiger partial charge in [0.25, 0.3) is 0 Å². The monoisotopic (exact) mass is 387 g/mol. The van der Waals surface area contributed by atoms with Gasteiger partial charge in [0.1, 0.15) is 4.90 Å². The quantitative estimate of drug-likeness (QED) is 0.715. The molecule has 19 heavy (non-hydrogen) atoms. The van der Waals surface area contributed by atoms with E-state index in [4.69, 9.17) is 23.2 Å². The molecule has 0 radical (unpaired) electrons. The Bertz CT molecular complexity index is 526. The summed E-state index contributed by atoms with van der Waals surface area (Å²) in [6.45, 7) is 4.68. The minimum absolute atomic E-state index is 0.0167. The summed E-state index contributed by atoms with van der Waals surface area (Å²) in [5, 5.41) is 0.267. The van der Waals surface area contributed by atoms with E-state index in [0.29, 0.717) is 17.6 Å². The van der Waals surface area contributed by atoms with E-state index in [1.54, 1.807) is 6.92 Å². The number of hydrogen-bond donors (Lipinski definition) is 0. The Labute approximate surface area is 133 Å². The summed E-state index contributed by atoms with van der Waals surface area (Å²) in [5.74, 6) is 0. The lowest BCUT2D eigenvalue weighted by molar-refractivity contribution is 0.419. The van der Waals surface area contributed by atoms with Gasteiger partial charge in [0, 0.05) is 17.6 Å². The number of sulfonamides is 1. The van der Waals surface area contributed by atoms with Crippen LogP contribution in [0.1, 0.15) is 26.7 Å². The van der Waals surface area contributed by atoms with Crippen LogP contribution in [0.25, 0.3) is 0 Å². The summed E-state index contributed by atoms with van der Waals surface area (Å²) in [6, 6.07) is 3.07. The van der Waals surface area contributed by atoms with Crippen molar-refractivity contribution in [1.82, 2.24) is 4.31 Å². The normalized spacial score (nSPS) is 12.1. The van der Waals surface area contributed by atoms with Crippen LogP contribution in [-0.4, -0.2) is 25.8 Å². The molecule has 1 aromatic rings. The van der Waals surface area contributed by atoms with Crippen molar-refractivity contribution >= 4 is 49.2 Å². The first kappa shape index (κ1) is 17.2. The molecule has 0 heterocycles. The summed E-state index contributed by atoms with van der Waals surface area (Å²) in [7, 11) is -3.65. The van der Waals surface area contributed by atoms with Gasteiger partial charge in [0.05, 0.1) is 10.0 Å². The van der Waals surface area contributed by atoms with Crippen LogP contribution in [0.5, 0.6) is 0 Å². The van der Waals surface area contributed by atoms with E-state index in [0.717, 1.165) is 12.8 Å². The van der Waals surface area contributed by atoms with E-state index < -0.39 is 10.0 Å². The highest BCUT2D eigenvalue weighted by Crippen LogP contribution is 2.34. The smallest absolute Gasteiger partial charge is 0.207 e. The first-order valence-corrected chi connectivity index (χ1v) is 8.98. The van der Waals surface area contributed by atoms with Gasteiger partial charge >= 0.3 is 0 Å². The van der Waals surface area contributed by atoms with Crippen LogP contribution in [0.15, 0.2) is 21.5 Å². The van der Waals surface area contributed by atoms with Gasteiger partial charge in [-0.15, -0.1) is 0 Å². The SMILES string of the molecule is CCCCN(CC)S(=O)(=O)c1c(Cl)cc(Br)cc1Cl. The number of hydrogen-bond acceptors (Lipinski definition) is 2. The lowest BCUT2D eigenvalue weighted by Gasteiger charge is -2.21. The Balaban J connectivity index is 3.26. The lowest BCUT2D eigenvalue weighted by atomic mass is 10.3. The van der Waals surface area contributed by atoms with Crippen molar-refractivity contribution in [2.24, 2.45) is 0 Å². The van der Waals surface area contributed by atoms with Gasteiger partial charge < -0.3 is 0 Å². The van der Waals surface area contributed by atoms with Crippen molar-refractivity contribution in [3.63, 3.8) is 0 Å². The Kier molecular flexibility index (Phi) is 6.60. The van der Waals surface area contributed by atoms with E-state index in [9.17, 15) is 8.42 Å². The molecule has 0 saturated heterocycles. The molecule has 1 aromatic carbocycles.